The van der Waals surface area contributed by atoms with E-state index in [1.807, 2.05) is 0 Å². The summed E-state index contributed by atoms with van der Waals surface area (Å²) in [6, 6.07) is 4.97. The molecule has 2 atom stereocenters. The molecule has 1 aromatic rings. The van der Waals surface area contributed by atoms with Crippen LogP contribution in [-0.2, 0) is 9.59 Å². The lowest BCUT2D eigenvalue weighted by Gasteiger charge is -2.21. The molecule has 0 spiro atoms. The zero-order valence-electron chi connectivity index (χ0n) is 9.87. The minimum Gasteiger partial charge on any atom is -0.497 e. The second-order valence-corrected chi connectivity index (χ2v) is 4.10. The van der Waals surface area contributed by atoms with Gasteiger partial charge in [-0.15, -0.1) is 0 Å². The zero-order valence-corrected chi connectivity index (χ0v) is 9.87. The van der Waals surface area contributed by atoms with E-state index in [9.17, 15) is 9.59 Å². The molecule has 1 amide bonds. The van der Waals surface area contributed by atoms with Crippen molar-refractivity contribution < 1.29 is 19.4 Å². The number of rotatable bonds is 3. The van der Waals surface area contributed by atoms with Crippen molar-refractivity contribution in [2.45, 2.75) is 18.5 Å². The van der Waals surface area contributed by atoms with Crippen molar-refractivity contribution in [2.24, 2.45) is 5.73 Å². The quantitative estimate of drug-likeness (QED) is 0.800. The van der Waals surface area contributed by atoms with Crippen LogP contribution in [0.15, 0.2) is 24.3 Å². The predicted molar refractivity (Wildman–Crippen MR) is 64.5 cm³/mol. The molecular weight excluding hydrogens is 236 g/mol. The lowest BCUT2D eigenvalue weighted by molar-refractivity contribution is -0.138. The van der Waals surface area contributed by atoms with Crippen molar-refractivity contribution in [3.8, 4) is 5.75 Å². The summed E-state index contributed by atoms with van der Waals surface area (Å²) in [5, 5.41) is 9.11. The van der Waals surface area contributed by atoms with Gasteiger partial charge in [-0.1, -0.05) is 0 Å². The molecule has 0 aromatic heterocycles. The minimum absolute atomic E-state index is 0.125. The maximum absolute atomic E-state index is 11.9. The summed E-state index contributed by atoms with van der Waals surface area (Å²) in [4.78, 5) is 24.2. The number of carboxylic acids is 1. The van der Waals surface area contributed by atoms with E-state index in [0.29, 0.717) is 11.4 Å². The molecule has 1 aromatic carbocycles. The Hall–Kier alpha value is -2.08. The molecule has 0 bridgehead atoms. The molecule has 3 N–H and O–H groups in total. The lowest BCUT2D eigenvalue weighted by Crippen LogP contribution is -2.40. The minimum atomic E-state index is -1.05. The van der Waals surface area contributed by atoms with Gasteiger partial charge in [-0.05, 0) is 24.3 Å². The van der Waals surface area contributed by atoms with Crippen LogP contribution >= 0.6 is 0 Å². The Labute approximate surface area is 104 Å². The maximum Gasteiger partial charge on any atom is 0.326 e. The summed E-state index contributed by atoms with van der Waals surface area (Å²) in [5.74, 6) is -0.777. The van der Waals surface area contributed by atoms with Gasteiger partial charge in [0.25, 0.3) is 0 Å². The van der Waals surface area contributed by atoms with Crippen molar-refractivity contribution in [3.63, 3.8) is 0 Å². The van der Waals surface area contributed by atoms with E-state index in [1.54, 1.807) is 24.3 Å². The highest BCUT2D eigenvalue weighted by atomic mass is 16.5. The van der Waals surface area contributed by atoms with Crippen LogP contribution in [0.5, 0.6) is 5.75 Å². The Bertz CT molecular complexity index is 471. The van der Waals surface area contributed by atoms with E-state index in [0.717, 1.165) is 0 Å². The summed E-state index contributed by atoms with van der Waals surface area (Å²) in [6.45, 7) is 0. The highest BCUT2D eigenvalue weighted by Crippen LogP contribution is 2.27. The van der Waals surface area contributed by atoms with Crippen LogP contribution < -0.4 is 15.4 Å². The zero-order chi connectivity index (χ0) is 13.3. The Balaban J connectivity index is 2.33. The molecule has 18 heavy (non-hydrogen) atoms. The third kappa shape index (κ3) is 2.02. The van der Waals surface area contributed by atoms with Crippen LogP contribution in [0, 0.1) is 0 Å². The number of nitrogens with two attached hydrogens (primary N) is 1. The molecule has 1 heterocycles. The van der Waals surface area contributed by atoms with Crippen LogP contribution in [0.25, 0.3) is 0 Å². The molecule has 0 unspecified atom stereocenters. The van der Waals surface area contributed by atoms with Crippen molar-refractivity contribution in [3.05, 3.63) is 24.3 Å². The van der Waals surface area contributed by atoms with Crippen molar-refractivity contribution in [1.29, 1.82) is 0 Å². The predicted octanol–water partition coefficient (Wildman–Crippen LogP) is 0.212. The number of methoxy groups -OCH3 is 1. The first-order chi connectivity index (χ1) is 8.54. The van der Waals surface area contributed by atoms with E-state index in [1.165, 1.54) is 12.0 Å². The number of carbonyl (C=O) groups excluding carboxylic acids is 1. The molecule has 0 aliphatic carbocycles. The van der Waals surface area contributed by atoms with Crippen molar-refractivity contribution >= 4 is 17.6 Å². The molecule has 6 heteroatoms. The smallest absolute Gasteiger partial charge is 0.326 e. The van der Waals surface area contributed by atoms with Crippen molar-refractivity contribution in [1.82, 2.24) is 0 Å². The molecular formula is C12H14N2O4. The van der Waals surface area contributed by atoms with E-state index in [4.69, 9.17) is 15.6 Å². The number of carboxylic acid groups (broad SMARTS) is 1. The molecule has 6 nitrogen and oxygen atoms in total. The molecule has 1 aliphatic rings. The standard InChI is InChI=1S/C12H14N2O4/c1-18-8-4-2-7(3-5-8)14-10(12(16)17)6-9(13)11(14)15/h2-5,9-10H,6,13H2,1H3,(H,16,17)/t9-,10-/m0/s1. The Morgan fingerprint density at radius 3 is 2.56 bits per heavy atom. The fraction of sp³-hybridized carbons (Fsp3) is 0.333. The number of hydrogen-bond donors (Lipinski definition) is 2. The van der Waals surface area contributed by atoms with Crippen LogP contribution in [0.3, 0.4) is 0 Å². The second kappa shape index (κ2) is 4.66. The first-order valence-corrected chi connectivity index (χ1v) is 5.50. The molecule has 2 rings (SSSR count). The molecule has 96 valence electrons. The van der Waals surface area contributed by atoms with Gasteiger partial charge in [-0.25, -0.2) is 4.79 Å². The number of carbonyl (C=O) groups is 2. The third-order valence-electron chi connectivity index (χ3n) is 2.98. The molecule has 1 aliphatic heterocycles. The fourth-order valence-corrected chi connectivity index (χ4v) is 2.04. The fourth-order valence-electron chi connectivity index (χ4n) is 2.04. The number of nitrogens with zero attached hydrogens (tertiary/aromatic N) is 1. The van der Waals surface area contributed by atoms with Crippen molar-refractivity contribution in [2.75, 3.05) is 12.0 Å². The summed E-state index contributed by atoms with van der Waals surface area (Å²) in [6.07, 6.45) is 0.125. The van der Waals surface area contributed by atoms with Crippen LogP contribution in [0.2, 0.25) is 0 Å². The molecule has 1 fully saturated rings. The molecule has 0 radical (unpaired) electrons. The first kappa shape index (κ1) is 12.4. The highest BCUT2D eigenvalue weighted by Gasteiger charge is 2.42. The largest absolute Gasteiger partial charge is 0.497 e. The highest BCUT2D eigenvalue weighted by molar-refractivity contribution is 6.05. The van der Waals surface area contributed by atoms with E-state index < -0.39 is 18.1 Å². The van der Waals surface area contributed by atoms with Crippen LogP contribution in [-0.4, -0.2) is 36.2 Å². The van der Waals surface area contributed by atoms with Gasteiger partial charge in [0, 0.05) is 12.1 Å². The third-order valence-corrected chi connectivity index (χ3v) is 2.98. The number of benzene rings is 1. The monoisotopic (exact) mass is 250 g/mol. The number of amides is 1. The van der Waals surface area contributed by atoms with Gasteiger partial charge in [-0.2, -0.15) is 0 Å². The lowest BCUT2D eigenvalue weighted by atomic mass is 10.2. The number of hydrogen-bond acceptors (Lipinski definition) is 4. The summed E-state index contributed by atoms with van der Waals surface area (Å²) in [7, 11) is 1.53. The van der Waals surface area contributed by atoms with Crippen LogP contribution in [0.1, 0.15) is 6.42 Å². The van der Waals surface area contributed by atoms with Gasteiger partial charge in [0.15, 0.2) is 0 Å². The van der Waals surface area contributed by atoms with E-state index in [-0.39, 0.29) is 12.3 Å². The molecule has 0 saturated carbocycles. The van der Waals surface area contributed by atoms with E-state index in [2.05, 4.69) is 0 Å². The Morgan fingerprint density at radius 1 is 1.44 bits per heavy atom. The van der Waals surface area contributed by atoms with Crippen LogP contribution in [0.4, 0.5) is 5.69 Å². The van der Waals surface area contributed by atoms with E-state index >= 15 is 0 Å². The maximum atomic E-state index is 11.9. The topological polar surface area (TPSA) is 92.9 Å². The van der Waals surface area contributed by atoms with Gasteiger partial charge >= 0.3 is 5.97 Å². The van der Waals surface area contributed by atoms with Gasteiger partial charge in [0.2, 0.25) is 5.91 Å². The average molecular weight is 250 g/mol. The summed E-state index contributed by atoms with van der Waals surface area (Å²) >= 11 is 0. The Kier molecular flexibility index (Phi) is 3.20. The number of anilines is 1. The SMILES string of the molecule is COc1ccc(N2C(=O)[C@@H](N)C[C@H]2C(=O)O)cc1. The normalized spacial score (nSPS) is 23.2. The summed E-state index contributed by atoms with van der Waals surface area (Å²) in [5.41, 5.74) is 6.13. The van der Waals surface area contributed by atoms with Gasteiger partial charge in [0.1, 0.15) is 11.8 Å². The number of ether oxygens (including phenoxy) is 1. The van der Waals surface area contributed by atoms with Gasteiger partial charge in [0.05, 0.1) is 13.2 Å². The van der Waals surface area contributed by atoms with Gasteiger partial charge in [-0.3, -0.25) is 9.69 Å². The summed E-state index contributed by atoms with van der Waals surface area (Å²) < 4.78 is 5.01. The van der Waals surface area contributed by atoms with Gasteiger partial charge < -0.3 is 15.6 Å². The first-order valence-electron chi connectivity index (χ1n) is 5.50. The number of aliphatic carboxylic acids is 1. The Morgan fingerprint density at radius 2 is 2.06 bits per heavy atom. The molecule has 1 saturated heterocycles. The second-order valence-electron chi connectivity index (χ2n) is 4.10. The average Bonchev–Trinajstić information content (AvgIpc) is 2.66.